The molecule has 0 fully saturated rings. The minimum atomic E-state index is -0.0829. The van der Waals surface area contributed by atoms with Crippen LogP contribution >= 0.6 is 23.2 Å². The smallest absolute Gasteiger partial charge is 0.220 e. The van der Waals surface area contributed by atoms with Crippen LogP contribution in [0.15, 0.2) is 42.5 Å². The Bertz CT molecular complexity index is 666. The normalized spacial score (nSPS) is 11.8. The van der Waals surface area contributed by atoms with Crippen LogP contribution in [-0.2, 0) is 11.2 Å². The van der Waals surface area contributed by atoms with E-state index in [1.165, 1.54) is 5.56 Å². The van der Waals surface area contributed by atoms with Gasteiger partial charge in [0, 0.05) is 16.5 Å². The molecule has 2 rings (SSSR count). The lowest BCUT2D eigenvalue weighted by Crippen LogP contribution is -2.36. The first-order valence-electron chi connectivity index (χ1n) is 7.87. The summed E-state index contributed by atoms with van der Waals surface area (Å²) < 4.78 is 5.67. The van der Waals surface area contributed by atoms with Crippen molar-refractivity contribution in [2.75, 3.05) is 6.61 Å². The lowest BCUT2D eigenvalue weighted by Gasteiger charge is -2.15. The average molecular weight is 366 g/mol. The highest BCUT2D eigenvalue weighted by Crippen LogP contribution is 2.25. The monoisotopic (exact) mass is 365 g/mol. The quantitative estimate of drug-likeness (QED) is 0.763. The van der Waals surface area contributed by atoms with E-state index >= 15 is 0 Å². The van der Waals surface area contributed by atoms with E-state index in [-0.39, 0.29) is 11.9 Å². The Labute approximate surface area is 152 Å². The van der Waals surface area contributed by atoms with Crippen molar-refractivity contribution in [1.29, 1.82) is 0 Å². The number of rotatable bonds is 7. The summed E-state index contributed by atoms with van der Waals surface area (Å²) in [4.78, 5) is 12.1. The highest BCUT2D eigenvalue weighted by Gasteiger charge is 2.11. The van der Waals surface area contributed by atoms with Gasteiger partial charge in [0.1, 0.15) is 12.4 Å². The van der Waals surface area contributed by atoms with Gasteiger partial charge >= 0.3 is 0 Å². The fourth-order valence-electron chi connectivity index (χ4n) is 2.25. The van der Waals surface area contributed by atoms with Crippen LogP contribution in [0.4, 0.5) is 0 Å². The molecule has 1 amide bonds. The van der Waals surface area contributed by atoms with E-state index in [2.05, 4.69) is 5.32 Å². The number of amides is 1. The van der Waals surface area contributed by atoms with E-state index in [0.717, 1.165) is 11.3 Å². The number of nitrogens with one attached hydrogen (secondary N) is 1. The minimum Gasteiger partial charge on any atom is -0.491 e. The number of aryl methyl sites for hydroxylation is 1. The topological polar surface area (TPSA) is 38.3 Å². The van der Waals surface area contributed by atoms with E-state index in [1.54, 1.807) is 18.2 Å². The van der Waals surface area contributed by atoms with Crippen LogP contribution < -0.4 is 10.1 Å². The van der Waals surface area contributed by atoms with Gasteiger partial charge in [0.15, 0.2) is 0 Å². The summed E-state index contributed by atoms with van der Waals surface area (Å²) in [6.45, 7) is 4.36. The minimum absolute atomic E-state index is 0.0500. The van der Waals surface area contributed by atoms with Crippen molar-refractivity contribution in [1.82, 2.24) is 5.32 Å². The molecule has 1 N–H and O–H groups in total. The molecule has 0 aromatic heterocycles. The van der Waals surface area contributed by atoms with E-state index in [4.69, 9.17) is 27.9 Å². The van der Waals surface area contributed by atoms with Crippen LogP contribution in [-0.4, -0.2) is 18.6 Å². The van der Waals surface area contributed by atoms with Crippen molar-refractivity contribution in [2.24, 2.45) is 0 Å². The second-order valence-corrected chi connectivity index (χ2v) is 6.61. The van der Waals surface area contributed by atoms with Crippen LogP contribution in [0.3, 0.4) is 0 Å². The highest BCUT2D eigenvalue weighted by atomic mass is 35.5. The zero-order chi connectivity index (χ0) is 17.5. The number of carbonyl (C=O) groups excluding carboxylic acids is 1. The van der Waals surface area contributed by atoms with E-state index in [1.807, 2.05) is 38.1 Å². The van der Waals surface area contributed by atoms with Gasteiger partial charge in [-0.15, -0.1) is 0 Å². The number of hydrogen-bond donors (Lipinski definition) is 1. The molecule has 0 aliphatic heterocycles. The van der Waals surface area contributed by atoms with Crippen molar-refractivity contribution in [3.63, 3.8) is 0 Å². The molecule has 0 bridgehead atoms. The number of hydrogen-bond acceptors (Lipinski definition) is 2. The summed E-state index contributed by atoms with van der Waals surface area (Å²) in [6, 6.07) is 13.1. The van der Waals surface area contributed by atoms with Gasteiger partial charge in [0.25, 0.3) is 0 Å². The number of ether oxygens (including phenoxy) is 1. The molecule has 2 aromatic rings. The van der Waals surface area contributed by atoms with Gasteiger partial charge in [-0.1, -0.05) is 47.0 Å². The zero-order valence-electron chi connectivity index (χ0n) is 13.8. The Hall–Kier alpha value is -1.71. The second kappa shape index (κ2) is 8.95. The van der Waals surface area contributed by atoms with E-state index in [0.29, 0.717) is 29.5 Å². The molecule has 0 aliphatic rings. The van der Waals surface area contributed by atoms with Crippen molar-refractivity contribution in [2.45, 2.75) is 32.7 Å². The fraction of sp³-hybridized carbons (Fsp3) is 0.316. The Kier molecular flexibility index (Phi) is 6.95. The molecule has 0 saturated carbocycles. The molecule has 0 saturated heterocycles. The lowest BCUT2D eigenvalue weighted by molar-refractivity contribution is -0.121. The Morgan fingerprint density at radius 3 is 2.38 bits per heavy atom. The highest BCUT2D eigenvalue weighted by molar-refractivity contribution is 6.36. The van der Waals surface area contributed by atoms with Gasteiger partial charge in [-0.05, 0) is 50.1 Å². The second-order valence-electron chi connectivity index (χ2n) is 5.79. The molecule has 128 valence electrons. The molecule has 0 spiro atoms. The van der Waals surface area contributed by atoms with Crippen molar-refractivity contribution >= 4 is 29.1 Å². The first-order chi connectivity index (χ1) is 11.5. The summed E-state index contributed by atoms with van der Waals surface area (Å²) in [5.41, 5.74) is 1.99. The van der Waals surface area contributed by atoms with Gasteiger partial charge in [-0.25, -0.2) is 0 Å². The van der Waals surface area contributed by atoms with Crippen LogP contribution in [0.5, 0.6) is 5.75 Å². The third kappa shape index (κ3) is 5.73. The Morgan fingerprint density at radius 2 is 1.75 bits per heavy atom. The lowest BCUT2D eigenvalue weighted by atomic mass is 10.1. The van der Waals surface area contributed by atoms with Gasteiger partial charge < -0.3 is 10.1 Å². The van der Waals surface area contributed by atoms with Gasteiger partial charge in [-0.2, -0.15) is 0 Å². The van der Waals surface area contributed by atoms with Crippen molar-refractivity contribution < 1.29 is 9.53 Å². The molecule has 0 unspecified atom stereocenters. The van der Waals surface area contributed by atoms with Crippen LogP contribution in [0.25, 0.3) is 0 Å². The Balaban J connectivity index is 1.76. The summed E-state index contributed by atoms with van der Waals surface area (Å²) in [6.07, 6.45) is 0.841. The maximum atomic E-state index is 12.1. The largest absolute Gasteiger partial charge is 0.491 e. The molecule has 5 heteroatoms. The van der Waals surface area contributed by atoms with Crippen LogP contribution in [0, 0.1) is 6.92 Å². The standard InChI is InChI=1S/C19H21Cl2NO2/c1-13-6-8-15(9-7-13)24-12-14(2)22-19(23)11-10-16-17(20)4-3-5-18(16)21/h3-9,14H,10-12H2,1-2H3,(H,22,23)/t14-/m0/s1. The van der Waals surface area contributed by atoms with Crippen LogP contribution in [0.2, 0.25) is 10.0 Å². The van der Waals surface area contributed by atoms with Crippen molar-refractivity contribution in [3.8, 4) is 5.75 Å². The first kappa shape index (κ1) is 18.6. The van der Waals surface area contributed by atoms with Crippen LogP contribution in [0.1, 0.15) is 24.5 Å². The molecule has 2 aromatic carbocycles. The maximum Gasteiger partial charge on any atom is 0.220 e. The van der Waals surface area contributed by atoms with Crippen molar-refractivity contribution in [3.05, 3.63) is 63.6 Å². The van der Waals surface area contributed by atoms with E-state index in [9.17, 15) is 4.79 Å². The number of carbonyl (C=O) groups is 1. The van der Waals surface area contributed by atoms with Gasteiger partial charge in [0.05, 0.1) is 6.04 Å². The van der Waals surface area contributed by atoms with Gasteiger partial charge in [-0.3, -0.25) is 4.79 Å². The summed E-state index contributed by atoms with van der Waals surface area (Å²) in [7, 11) is 0. The number of halogens is 2. The van der Waals surface area contributed by atoms with Gasteiger partial charge in [0.2, 0.25) is 5.91 Å². The maximum absolute atomic E-state index is 12.1. The Morgan fingerprint density at radius 1 is 1.12 bits per heavy atom. The molecule has 0 radical (unpaired) electrons. The summed E-state index contributed by atoms with van der Waals surface area (Å²) in [5, 5.41) is 4.10. The summed E-state index contributed by atoms with van der Waals surface area (Å²) >= 11 is 12.2. The third-order valence-corrected chi connectivity index (χ3v) is 4.30. The first-order valence-corrected chi connectivity index (χ1v) is 8.63. The predicted molar refractivity (Wildman–Crippen MR) is 99.1 cm³/mol. The number of benzene rings is 2. The predicted octanol–water partition coefficient (Wildman–Crippen LogP) is 4.82. The summed E-state index contributed by atoms with van der Waals surface area (Å²) in [5.74, 6) is 0.746. The molecule has 0 aliphatic carbocycles. The molecule has 0 heterocycles. The third-order valence-electron chi connectivity index (χ3n) is 3.59. The zero-order valence-corrected chi connectivity index (χ0v) is 15.3. The molecular weight excluding hydrogens is 345 g/mol. The SMILES string of the molecule is Cc1ccc(OC[C@H](C)NC(=O)CCc2c(Cl)cccc2Cl)cc1. The average Bonchev–Trinajstić information content (AvgIpc) is 2.54. The molecule has 1 atom stereocenters. The molecule has 3 nitrogen and oxygen atoms in total. The van der Waals surface area contributed by atoms with E-state index < -0.39 is 0 Å². The fourth-order valence-corrected chi connectivity index (χ4v) is 2.84. The molecular formula is C19H21Cl2NO2. The molecule has 24 heavy (non-hydrogen) atoms.